The predicted molar refractivity (Wildman–Crippen MR) is 65.1 cm³/mol. The topological polar surface area (TPSA) is 21.3 Å². The molecule has 1 aromatic rings. The fourth-order valence-corrected chi connectivity index (χ4v) is 2.00. The van der Waals surface area contributed by atoms with Gasteiger partial charge in [0.25, 0.3) is 0 Å². The first kappa shape index (κ1) is 9.73. The van der Waals surface area contributed by atoms with Crippen LogP contribution in [0.25, 0.3) is 0 Å². The largest absolute Gasteiger partial charge is 0.377 e. The normalized spacial score (nSPS) is 16.8. The third-order valence-electron chi connectivity index (χ3n) is 1.93. The quantitative estimate of drug-likeness (QED) is 0.825. The van der Waals surface area contributed by atoms with Crippen molar-refractivity contribution in [1.82, 2.24) is 0 Å². The van der Waals surface area contributed by atoms with E-state index in [1.807, 2.05) is 0 Å². The molecule has 0 unspecified atom stereocenters. The Morgan fingerprint density at radius 2 is 2.23 bits per heavy atom. The summed E-state index contributed by atoms with van der Waals surface area (Å²) in [6.07, 6.45) is 0. The third-order valence-corrected chi connectivity index (χ3v) is 3.29. The molecule has 1 aromatic carbocycles. The number of rotatable bonds is 2. The van der Waals surface area contributed by atoms with E-state index in [4.69, 9.17) is 4.74 Å². The van der Waals surface area contributed by atoms with Gasteiger partial charge in [-0.25, -0.2) is 0 Å². The van der Waals surface area contributed by atoms with Crippen molar-refractivity contribution in [1.29, 1.82) is 0 Å². The molecule has 2 nitrogen and oxygen atoms in total. The summed E-state index contributed by atoms with van der Waals surface area (Å²) < 4.78 is 7.45. The number of nitrogens with one attached hydrogen (secondary N) is 1. The molecule has 2 rings (SSSR count). The lowest BCUT2D eigenvalue weighted by atomic mass is 10.2. The maximum Gasteiger partial charge on any atom is 0.0729 e. The molecule has 1 aliphatic rings. The van der Waals surface area contributed by atoms with Crippen LogP contribution in [0, 0.1) is 3.57 Å². The van der Waals surface area contributed by atoms with E-state index in [9.17, 15) is 0 Å². The van der Waals surface area contributed by atoms with E-state index in [0.29, 0.717) is 6.04 Å². The zero-order chi connectivity index (χ0) is 9.26. The van der Waals surface area contributed by atoms with Gasteiger partial charge in [-0.2, -0.15) is 0 Å². The van der Waals surface area contributed by atoms with E-state index in [0.717, 1.165) is 23.4 Å². The summed E-state index contributed by atoms with van der Waals surface area (Å²) in [5, 5.41) is 3.41. The number of hydrogen-bond donors (Lipinski definition) is 1. The average molecular weight is 354 g/mol. The number of benzene rings is 1. The molecule has 1 aliphatic heterocycles. The molecule has 0 bridgehead atoms. The average Bonchev–Trinajstić information content (AvgIpc) is 2.03. The van der Waals surface area contributed by atoms with Gasteiger partial charge in [-0.3, -0.25) is 0 Å². The lowest BCUT2D eigenvalue weighted by Gasteiger charge is -2.28. The van der Waals surface area contributed by atoms with Crippen molar-refractivity contribution in [2.75, 3.05) is 18.5 Å². The van der Waals surface area contributed by atoms with Crippen LogP contribution < -0.4 is 5.32 Å². The molecule has 0 spiro atoms. The lowest BCUT2D eigenvalue weighted by molar-refractivity contribution is 0.0211. The Morgan fingerprint density at radius 3 is 2.85 bits per heavy atom. The molecular formula is C9H9BrINO. The predicted octanol–water partition coefficient (Wildman–Crippen LogP) is 2.86. The van der Waals surface area contributed by atoms with E-state index in [1.165, 1.54) is 3.57 Å². The second-order valence-electron chi connectivity index (χ2n) is 3.00. The van der Waals surface area contributed by atoms with Gasteiger partial charge in [-0.05, 0) is 56.7 Å². The van der Waals surface area contributed by atoms with Crippen molar-refractivity contribution < 1.29 is 4.74 Å². The summed E-state index contributed by atoms with van der Waals surface area (Å²) in [6.45, 7) is 1.63. The van der Waals surface area contributed by atoms with Gasteiger partial charge in [0.05, 0.1) is 19.3 Å². The van der Waals surface area contributed by atoms with Crippen LogP contribution in [0.3, 0.4) is 0 Å². The summed E-state index contributed by atoms with van der Waals surface area (Å²) in [6, 6.07) is 6.74. The van der Waals surface area contributed by atoms with Crippen molar-refractivity contribution in [2.45, 2.75) is 6.04 Å². The zero-order valence-corrected chi connectivity index (χ0v) is 10.6. The smallest absolute Gasteiger partial charge is 0.0729 e. The molecule has 13 heavy (non-hydrogen) atoms. The van der Waals surface area contributed by atoms with Gasteiger partial charge in [-0.15, -0.1) is 0 Å². The van der Waals surface area contributed by atoms with Gasteiger partial charge in [0.2, 0.25) is 0 Å². The molecule has 1 saturated heterocycles. The number of hydrogen-bond acceptors (Lipinski definition) is 2. The highest BCUT2D eigenvalue weighted by Gasteiger charge is 2.18. The summed E-state index contributed by atoms with van der Waals surface area (Å²) in [5.74, 6) is 0. The van der Waals surface area contributed by atoms with Gasteiger partial charge < -0.3 is 10.1 Å². The third kappa shape index (κ3) is 2.35. The molecule has 0 amide bonds. The summed E-state index contributed by atoms with van der Waals surface area (Å²) in [7, 11) is 0. The highest BCUT2D eigenvalue weighted by Crippen LogP contribution is 2.25. The first-order chi connectivity index (χ1) is 6.25. The lowest BCUT2D eigenvalue weighted by Crippen LogP contribution is -2.40. The summed E-state index contributed by atoms with van der Waals surface area (Å²) in [5.41, 5.74) is 1.15. The van der Waals surface area contributed by atoms with Crippen molar-refractivity contribution >= 4 is 44.2 Å². The SMILES string of the molecule is Brc1ccc(I)cc1NC1COC1. The van der Waals surface area contributed by atoms with Gasteiger partial charge in [0, 0.05) is 13.7 Å². The second kappa shape index (κ2) is 4.14. The van der Waals surface area contributed by atoms with Gasteiger partial charge >= 0.3 is 0 Å². The van der Waals surface area contributed by atoms with Crippen LogP contribution in [0.1, 0.15) is 0 Å². The van der Waals surface area contributed by atoms with Crippen molar-refractivity contribution in [3.63, 3.8) is 0 Å². The Kier molecular flexibility index (Phi) is 3.10. The van der Waals surface area contributed by atoms with E-state index in [1.54, 1.807) is 0 Å². The van der Waals surface area contributed by atoms with Crippen LogP contribution in [0.5, 0.6) is 0 Å². The van der Waals surface area contributed by atoms with Crippen molar-refractivity contribution in [3.05, 3.63) is 26.2 Å². The Morgan fingerprint density at radius 1 is 1.46 bits per heavy atom. The van der Waals surface area contributed by atoms with Crippen molar-refractivity contribution in [2.24, 2.45) is 0 Å². The number of anilines is 1. The molecule has 70 valence electrons. The minimum absolute atomic E-state index is 0.481. The Bertz CT molecular complexity index is 314. The molecule has 1 N–H and O–H groups in total. The molecule has 1 heterocycles. The highest BCUT2D eigenvalue weighted by atomic mass is 127. The zero-order valence-electron chi connectivity index (χ0n) is 6.89. The second-order valence-corrected chi connectivity index (χ2v) is 5.10. The minimum atomic E-state index is 0.481. The fraction of sp³-hybridized carbons (Fsp3) is 0.333. The Balaban J connectivity index is 2.13. The molecule has 0 aliphatic carbocycles. The molecule has 0 atom stereocenters. The Hall–Kier alpha value is 0.190. The first-order valence-corrected chi connectivity index (χ1v) is 5.92. The van der Waals surface area contributed by atoms with E-state index in [-0.39, 0.29) is 0 Å². The van der Waals surface area contributed by atoms with E-state index < -0.39 is 0 Å². The molecule has 4 heteroatoms. The standard InChI is InChI=1S/C9H9BrINO/c10-8-2-1-6(11)3-9(8)12-7-4-13-5-7/h1-3,7,12H,4-5H2. The highest BCUT2D eigenvalue weighted by molar-refractivity contribution is 14.1. The molecule has 1 fully saturated rings. The van der Waals surface area contributed by atoms with E-state index in [2.05, 4.69) is 62.0 Å². The van der Waals surface area contributed by atoms with Crippen molar-refractivity contribution in [3.8, 4) is 0 Å². The maximum atomic E-state index is 5.10. The number of ether oxygens (including phenoxy) is 1. The van der Waals surface area contributed by atoms with Crippen LogP contribution in [-0.2, 0) is 4.74 Å². The maximum absolute atomic E-state index is 5.10. The van der Waals surface area contributed by atoms with Gasteiger partial charge in [0.1, 0.15) is 0 Å². The van der Waals surface area contributed by atoms with Gasteiger partial charge in [-0.1, -0.05) is 0 Å². The van der Waals surface area contributed by atoms with Crippen LogP contribution in [0.15, 0.2) is 22.7 Å². The molecule has 0 radical (unpaired) electrons. The van der Waals surface area contributed by atoms with E-state index >= 15 is 0 Å². The monoisotopic (exact) mass is 353 g/mol. The van der Waals surface area contributed by atoms with Crippen LogP contribution >= 0.6 is 38.5 Å². The molecular weight excluding hydrogens is 345 g/mol. The summed E-state index contributed by atoms with van der Waals surface area (Å²) >= 11 is 5.81. The minimum Gasteiger partial charge on any atom is -0.377 e. The fourth-order valence-electron chi connectivity index (χ4n) is 1.15. The van der Waals surface area contributed by atoms with Crippen LogP contribution in [0.2, 0.25) is 0 Å². The van der Waals surface area contributed by atoms with Crippen LogP contribution in [-0.4, -0.2) is 19.3 Å². The van der Waals surface area contributed by atoms with Gasteiger partial charge in [0.15, 0.2) is 0 Å². The molecule has 0 aromatic heterocycles. The van der Waals surface area contributed by atoms with Crippen LogP contribution in [0.4, 0.5) is 5.69 Å². The summed E-state index contributed by atoms with van der Waals surface area (Å²) in [4.78, 5) is 0. The number of halogens is 2. The Labute approximate surface area is 99.3 Å². The first-order valence-electron chi connectivity index (χ1n) is 4.05. The molecule has 0 saturated carbocycles.